The molecule has 30 heavy (non-hydrogen) atoms. The van der Waals surface area contributed by atoms with Crippen molar-refractivity contribution in [3.05, 3.63) is 58.9 Å². The number of methoxy groups -OCH3 is 1. The summed E-state index contributed by atoms with van der Waals surface area (Å²) >= 11 is 1.49. The SMILES string of the molecule is CCN(CC)C(=O)CCCSc1nc2ccccc2c(=O)n1-c1cccc(OC)c1. The van der Waals surface area contributed by atoms with Crippen LogP contribution in [0.1, 0.15) is 26.7 Å². The van der Waals surface area contributed by atoms with E-state index >= 15 is 0 Å². The smallest absolute Gasteiger partial charge is 0.266 e. The van der Waals surface area contributed by atoms with Gasteiger partial charge in [-0.1, -0.05) is 30.0 Å². The molecule has 0 aliphatic carbocycles. The van der Waals surface area contributed by atoms with Crippen LogP contribution in [-0.2, 0) is 4.79 Å². The number of hydrogen-bond acceptors (Lipinski definition) is 5. The van der Waals surface area contributed by atoms with Crippen LogP contribution in [0.25, 0.3) is 16.6 Å². The van der Waals surface area contributed by atoms with E-state index in [0.717, 1.165) is 19.5 Å². The Kier molecular flexibility index (Phi) is 7.52. The van der Waals surface area contributed by atoms with Gasteiger partial charge < -0.3 is 9.64 Å². The first kappa shape index (κ1) is 21.9. The highest BCUT2D eigenvalue weighted by Gasteiger charge is 2.15. The number of thioether (sulfide) groups is 1. The summed E-state index contributed by atoms with van der Waals surface area (Å²) < 4.78 is 6.95. The lowest BCUT2D eigenvalue weighted by Crippen LogP contribution is -2.30. The van der Waals surface area contributed by atoms with Gasteiger partial charge in [-0.25, -0.2) is 4.98 Å². The van der Waals surface area contributed by atoms with E-state index in [9.17, 15) is 9.59 Å². The molecule has 0 saturated heterocycles. The van der Waals surface area contributed by atoms with Gasteiger partial charge in [0, 0.05) is 31.3 Å². The summed E-state index contributed by atoms with van der Waals surface area (Å²) in [5.74, 6) is 1.53. The number of amides is 1. The Morgan fingerprint density at radius 1 is 1.13 bits per heavy atom. The Labute approximate surface area is 180 Å². The molecule has 3 rings (SSSR count). The number of nitrogens with zero attached hydrogens (tertiary/aromatic N) is 3. The number of para-hydroxylation sites is 1. The maximum absolute atomic E-state index is 13.3. The number of hydrogen-bond donors (Lipinski definition) is 0. The van der Waals surface area contributed by atoms with Gasteiger partial charge in [-0.3, -0.25) is 14.2 Å². The summed E-state index contributed by atoms with van der Waals surface area (Å²) in [6.45, 7) is 5.43. The first-order chi connectivity index (χ1) is 14.6. The van der Waals surface area contributed by atoms with E-state index in [-0.39, 0.29) is 11.5 Å². The molecule has 3 aromatic rings. The van der Waals surface area contributed by atoms with Gasteiger partial charge in [0.05, 0.1) is 23.7 Å². The number of rotatable bonds is 9. The molecular formula is C23H27N3O3S. The molecule has 1 amide bonds. The van der Waals surface area contributed by atoms with Gasteiger partial charge in [0.15, 0.2) is 5.16 Å². The predicted octanol–water partition coefficient (Wildman–Crippen LogP) is 4.14. The maximum Gasteiger partial charge on any atom is 0.266 e. The summed E-state index contributed by atoms with van der Waals surface area (Å²) in [7, 11) is 1.60. The molecule has 7 heteroatoms. The second-order valence-corrected chi connectivity index (χ2v) is 7.83. The summed E-state index contributed by atoms with van der Waals surface area (Å²) in [5, 5.41) is 1.18. The van der Waals surface area contributed by atoms with Crippen molar-refractivity contribution in [1.82, 2.24) is 14.5 Å². The van der Waals surface area contributed by atoms with Gasteiger partial charge in [-0.15, -0.1) is 0 Å². The van der Waals surface area contributed by atoms with Crippen molar-refractivity contribution in [2.75, 3.05) is 26.0 Å². The fourth-order valence-corrected chi connectivity index (χ4v) is 4.26. The molecule has 0 unspecified atom stereocenters. The molecule has 0 aliphatic heterocycles. The van der Waals surface area contributed by atoms with Crippen LogP contribution < -0.4 is 10.3 Å². The summed E-state index contributed by atoms with van der Waals surface area (Å²) in [6.07, 6.45) is 1.21. The van der Waals surface area contributed by atoms with Crippen LogP contribution in [-0.4, -0.2) is 46.3 Å². The highest BCUT2D eigenvalue weighted by Crippen LogP contribution is 2.24. The van der Waals surface area contributed by atoms with Gasteiger partial charge in [0.2, 0.25) is 5.91 Å². The second kappa shape index (κ2) is 10.3. The second-order valence-electron chi connectivity index (χ2n) is 6.77. The number of carbonyl (C=O) groups is 1. The van der Waals surface area contributed by atoms with Crippen LogP contribution in [0, 0.1) is 0 Å². The zero-order valence-electron chi connectivity index (χ0n) is 17.6. The molecule has 0 saturated carbocycles. The summed E-state index contributed by atoms with van der Waals surface area (Å²) in [6, 6.07) is 14.7. The van der Waals surface area contributed by atoms with Crippen molar-refractivity contribution in [2.24, 2.45) is 0 Å². The third kappa shape index (κ3) is 4.84. The number of carbonyl (C=O) groups excluding carboxylic acids is 1. The molecule has 0 bridgehead atoms. The van der Waals surface area contributed by atoms with Crippen molar-refractivity contribution in [3.63, 3.8) is 0 Å². The van der Waals surface area contributed by atoms with Crippen LogP contribution in [0.2, 0.25) is 0 Å². The predicted molar refractivity (Wildman–Crippen MR) is 122 cm³/mol. The van der Waals surface area contributed by atoms with E-state index in [1.165, 1.54) is 11.8 Å². The molecule has 0 N–H and O–H groups in total. The minimum atomic E-state index is -0.115. The molecule has 6 nitrogen and oxygen atoms in total. The van der Waals surface area contributed by atoms with Crippen molar-refractivity contribution >= 4 is 28.6 Å². The average Bonchev–Trinajstić information content (AvgIpc) is 2.77. The fourth-order valence-electron chi connectivity index (χ4n) is 3.31. The quantitative estimate of drug-likeness (QED) is 0.293. The van der Waals surface area contributed by atoms with Crippen molar-refractivity contribution in [2.45, 2.75) is 31.8 Å². The standard InChI is InChI=1S/C23H27N3O3S/c1-4-25(5-2)21(27)14-9-15-30-23-24-20-13-7-6-12-19(20)22(28)26(23)17-10-8-11-18(16-17)29-3/h6-8,10-13,16H,4-5,9,14-15H2,1-3H3. The molecule has 158 valence electrons. The van der Waals surface area contributed by atoms with Gasteiger partial charge in [0.25, 0.3) is 5.56 Å². The Morgan fingerprint density at radius 3 is 2.63 bits per heavy atom. The van der Waals surface area contributed by atoms with E-state index in [1.54, 1.807) is 17.7 Å². The molecule has 0 radical (unpaired) electrons. The van der Waals surface area contributed by atoms with Crippen LogP contribution in [0.5, 0.6) is 5.75 Å². The average molecular weight is 426 g/mol. The molecule has 1 heterocycles. The lowest BCUT2D eigenvalue weighted by molar-refractivity contribution is -0.130. The van der Waals surface area contributed by atoms with Gasteiger partial charge >= 0.3 is 0 Å². The minimum absolute atomic E-state index is 0.115. The largest absolute Gasteiger partial charge is 0.497 e. The van der Waals surface area contributed by atoms with Gasteiger partial charge in [0.1, 0.15) is 5.75 Å². The summed E-state index contributed by atoms with van der Waals surface area (Å²) in [4.78, 5) is 32.1. The lowest BCUT2D eigenvalue weighted by atomic mass is 10.2. The maximum atomic E-state index is 13.3. The fraction of sp³-hybridized carbons (Fsp3) is 0.348. The topological polar surface area (TPSA) is 64.4 Å². The zero-order chi connectivity index (χ0) is 21.5. The third-order valence-electron chi connectivity index (χ3n) is 4.94. The number of fused-ring (bicyclic) bond motifs is 1. The van der Waals surface area contributed by atoms with Crippen molar-refractivity contribution in [1.29, 1.82) is 0 Å². The monoisotopic (exact) mass is 425 g/mol. The first-order valence-corrected chi connectivity index (χ1v) is 11.1. The molecule has 0 aliphatic rings. The van der Waals surface area contributed by atoms with E-state index in [0.29, 0.717) is 39.7 Å². The van der Waals surface area contributed by atoms with Gasteiger partial charge in [-0.05, 0) is 44.5 Å². The summed E-state index contributed by atoms with van der Waals surface area (Å²) in [5.41, 5.74) is 1.26. The van der Waals surface area contributed by atoms with E-state index in [2.05, 4.69) is 0 Å². The number of ether oxygens (including phenoxy) is 1. The van der Waals surface area contributed by atoms with Crippen LogP contribution >= 0.6 is 11.8 Å². The Hall–Kier alpha value is -2.80. The first-order valence-electron chi connectivity index (χ1n) is 10.2. The number of aromatic nitrogens is 2. The highest BCUT2D eigenvalue weighted by molar-refractivity contribution is 7.99. The Balaban J connectivity index is 1.89. The van der Waals surface area contributed by atoms with Crippen molar-refractivity contribution < 1.29 is 9.53 Å². The molecule has 0 atom stereocenters. The van der Waals surface area contributed by atoms with Crippen LogP contribution in [0.15, 0.2) is 58.5 Å². The zero-order valence-corrected chi connectivity index (χ0v) is 18.4. The van der Waals surface area contributed by atoms with Crippen LogP contribution in [0.3, 0.4) is 0 Å². The Bertz CT molecular complexity index is 1080. The third-order valence-corrected chi connectivity index (χ3v) is 5.96. The van der Waals surface area contributed by atoms with Crippen molar-refractivity contribution in [3.8, 4) is 11.4 Å². The highest BCUT2D eigenvalue weighted by atomic mass is 32.2. The van der Waals surface area contributed by atoms with Gasteiger partial charge in [-0.2, -0.15) is 0 Å². The van der Waals surface area contributed by atoms with E-state index in [4.69, 9.17) is 9.72 Å². The minimum Gasteiger partial charge on any atom is -0.497 e. The number of benzene rings is 2. The normalized spacial score (nSPS) is 10.9. The van der Waals surface area contributed by atoms with E-state index in [1.807, 2.05) is 61.2 Å². The molecular weight excluding hydrogens is 398 g/mol. The molecule has 0 fully saturated rings. The Morgan fingerprint density at radius 2 is 1.90 bits per heavy atom. The lowest BCUT2D eigenvalue weighted by Gasteiger charge is -2.18. The molecule has 0 spiro atoms. The van der Waals surface area contributed by atoms with Crippen LogP contribution in [0.4, 0.5) is 0 Å². The van der Waals surface area contributed by atoms with E-state index < -0.39 is 0 Å². The molecule has 1 aromatic heterocycles. The molecule has 2 aromatic carbocycles.